The van der Waals surface area contributed by atoms with E-state index in [1.165, 1.54) is 4.68 Å². The topological polar surface area (TPSA) is 80.9 Å². The fourth-order valence-corrected chi connectivity index (χ4v) is 1.59. The number of aromatic carboxylic acids is 1. The minimum Gasteiger partial charge on any atom is -0.476 e. The Labute approximate surface area is 104 Å². The average molecular weight is 246 g/mol. The van der Waals surface area contributed by atoms with E-state index in [9.17, 15) is 4.79 Å². The van der Waals surface area contributed by atoms with Crippen molar-refractivity contribution < 1.29 is 9.90 Å². The van der Waals surface area contributed by atoms with Crippen molar-refractivity contribution in [3.8, 4) is 5.82 Å². The summed E-state index contributed by atoms with van der Waals surface area (Å²) in [6, 6.07) is 1.56. The molecule has 0 bridgehead atoms. The largest absolute Gasteiger partial charge is 0.476 e. The molecule has 0 spiro atoms. The fourth-order valence-electron chi connectivity index (χ4n) is 1.59. The number of carbonyl (C=O) groups is 1. The molecule has 6 nitrogen and oxygen atoms in total. The number of aromatic nitrogens is 4. The van der Waals surface area contributed by atoms with E-state index >= 15 is 0 Å². The van der Waals surface area contributed by atoms with Crippen LogP contribution >= 0.6 is 0 Å². The molecule has 18 heavy (non-hydrogen) atoms. The van der Waals surface area contributed by atoms with Gasteiger partial charge in [-0.15, -0.1) is 0 Å². The average Bonchev–Trinajstić information content (AvgIpc) is 2.75. The lowest BCUT2D eigenvalue weighted by atomic mass is 10.1. The zero-order valence-corrected chi connectivity index (χ0v) is 10.5. The molecule has 0 aliphatic rings. The van der Waals surface area contributed by atoms with Gasteiger partial charge in [0.1, 0.15) is 0 Å². The standard InChI is InChI=1S/C12H14N4O2/c1-7(2)10-4-9(12(17)18)15-16(10)11-6-13-8(3)5-14-11/h4-7H,1-3H3,(H,17,18). The maximum Gasteiger partial charge on any atom is 0.356 e. The van der Waals surface area contributed by atoms with E-state index in [4.69, 9.17) is 5.11 Å². The molecular weight excluding hydrogens is 232 g/mol. The Balaban J connectivity index is 2.54. The monoisotopic (exact) mass is 246 g/mol. The van der Waals surface area contributed by atoms with E-state index in [-0.39, 0.29) is 11.6 Å². The first-order chi connectivity index (χ1) is 8.49. The van der Waals surface area contributed by atoms with Crippen LogP contribution in [0, 0.1) is 6.92 Å². The first-order valence-corrected chi connectivity index (χ1v) is 5.61. The van der Waals surface area contributed by atoms with Crippen molar-refractivity contribution in [3.63, 3.8) is 0 Å². The summed E-state index contributed by atoms with van der Waals surface area (Å²) >= 11 is 0. The van der Waals surface area contributed by atoms with E-state index in [0.717, 1.165) is 11.4 Å². The second-order valence-corrected chi connectivity index (χ2v) is 4.34. The Hall–Kier alpha value is -2.24. The van der Waals surface area contributed by atoms with Gasteiger partial charge in [0, 0.05) is 5.69 Å². The van der Waals surface area contributed by atoms with Crippen molar-refractivity contribution in [1.82, 2.24) is 19.7 Å². The third kappa shape index (κ3) is 2.22. The van der Waals surface area contributed by atoms with Crippen molar-refractivity contribution in [2.24, 2.45) is 0 Å². The summed E-state index contributed by atoms with van der Waals surface area (Å²) in [5.41, 5.74) is 1.61. The maximum atomic E-state index is 11.0. The van der Waals surface area contributed by atoms with Gasteiger partial charge in [0.15, 0.2) is 11.5 Å². The lowest BCUT2D eigenvalue weighted by molar-refractivity contribution is 0.0690. The van der Waals surface area contributed by atoms with Crippen LogP contribution in [0.2, 0.25) is 0 Å². The minimum atomic E-state index is -1.05. The number of hydrogen-bond acceptors (Lipinski definition) is 4. The summed E-state index contributed by atoms with van der Waals surface area (Å²) in [6.07, 6.45) is 3.21. The predicted octanol–water partition coefficient (Wildman–Crippen LogP) is 1.79. The molecule has 94 valence electrons. The van der Waals surface area contributed by atoms with Crippen molar-refractivity contribution in [2.45, 2.75) is 26.7 Å². The molecule has 0 fully saturated rings. The zero-order chi connectivity index (χ0) is 13.3. The quantitative estimate of drug-likeness (QED) is 0.892. The molecule has 0 aromatic carbocycles. The van der Waals surface area contributed by atoms with Gasteiger partial charge in [-0.3, -0.25) is 4.98 Å². The van der Waals surface area contributed by atoms with Crippen molar-refractivity contribution in [2.75, 3.05) is 0 Å². The van der Waals surface area contributed by atoms with Gasteiger partial charge in [-0.1, -0.05) is 13.8 Å². The molecule has 0 amide bonds. The summed E-state index contributed by atoms with van der Waals surface area (Å²) < 4.78 is 1.53. The molecular formula is C12H14N4O2. The van der Waals surface area contributed by atoms with Crippen LogP contribution in [-0.2, 0) is 0 Å². The first-order valence-electron chi connectivity index (χ1n) is 5.61. The normalized spacial score (nSPS) is 10.9. The smallest absolute Gasteiger partial charge is 0.356 e. The summed E-state index contributed by atoms with van der Waals surface area (Å²) in [5.74, 6) is -0.374. The van der Waals surface area contributed by atoms with Crippen LogP contribution in [0.5, 0.6) is 0 Å². The van der Waals surface area contributed by atoms with Crippen LogP contribution in [0.25, 0.3) is 5.82 Å². The number of rotatable bonds is 3. The van der Waals surface area contributed by atoms with Gasteiger partial charge < -0.3 is 5.11 Å². The second kappa shape index (κ2) is 4.56. The van der Waals surface area contributed by atoms with Crippen LogP contribution in [0.3, 0.4) is 0 Å². The van der Waals surface area contributed by atoms with Crippen LogP contribution in [-0.4, -0.2) is 30.8 Å². The summed E-state index contributed by atoms with van der Waals surface area (Å²) in [7, 11) is 0. The Morgan fingerprint density at radius 1 is 1.33 bits per heavy atom. The molecule has 0 aliphatic heterocycles. The lowest BCUT2D eigenvalue weighted by Crippen LogP contribution is -2.07. The highest BCUT2D eigenvalue weighted by molar-refractivity contribution is 5.85. The highest BCUT2D eigenvalue weighted by Crippen LogP contribution is 2.19. The van der Waals surface area contributed by atoms with E-state index in [0.29, 0.717) is 5.82 Å². The van der Waals surface area contributed by atoms with Gasteiger partial charge in [0.05, 0.1) is 18.1 Å². The number of hydrogen-bond donors (Lipinski definition) is 1. The molecule has 6 heteroatoms. The Kier molecular flexibility index (Phi) is 3.10. The third-order valence-electron chi connectivity index (χ3n) is 2.53. The molecule has 0 radical (unpaired) electrons. The predicted molar refractivity (Wildman–Crippen MR) is 64.9 cm³/mol. The molecule has 1 N–H and O–H groups in total. The second-order valence-electron chi connectivity index (χ2n) is 4.34. The highest BCUT2D eigenvalue weighted by Gasteiger charge is 2.17. The highest BCUT2D eigenvalue weighted by atomic mass is 16.4. The van der Waals surface area contributed by atoms with Crippen LogP contribution in [0.15, 0.2) is 18.5 Å². The summed E-state index contributed by atoms with van der Waals surface area (Å²) in [6.45, 7) is 5.79. The number of carboxylic acids is 1. The van der Waals surface area contributed by atoms with E-state index in [1.54, 1.807) is 18.5 Å². The zero-order valence-electron chi connectivity index (χ0n) is 10.5. The summed E-state index contributed by atoms with van der Waals surface area (Å²) in [4.78, 5) is 19.3. The van der Waals surface area contributed by atoms with Crippen LogP contribution < -0.4 is 0 Å². The van der Waals surface area contributed by atoms with E-state index in [2.05, 4.69) is 15.1 Å². The molecule has 0 aliphatic carbocycles. The molecule has 0 saturated heterocycles. The molecule has 2 heterocycles. The van der Waals surface area contributed by atoms with Crippen LogP contribution in [0.1, 0.15) is 41.6 Å². The molecule has 0 atom stereocenters. The Morgan fingerprint density at radius 2 is 2.06 bits per heavy atom. The third-order valence-corrected chi connectivity index (χ3v) is 2.53. The van der Waals surface area contributed by atoms with Crippen LogP contribution in [0.4, 0.5) is 0 Å². The van der Waals surface area contributed by atoms with Gasteiger partial charge in [0.2, 0.25) is 0 Å². The van der Waals surface area contributed by atoms with Gasteiger partial charge >= 0.3 is 5.97 Å². The van der Waals surface area contributed by atoms with Crippen molar-refractivity contribution in [3.05, 3.63) is 35.5 Å². The molecule has 2 rings (SSSR count). The lowest BCUT2D eigenvalue weighted by Gasteiger charge is -2.08. The Bertz CT molecular complexity index is 572. The van der Waals surface area contributed by atoms with Gasteiger partial charge in [-0.25, -0.2) is 14.5 Å². The molecule has 2 aromatic rings. The minimum absolute atomic E-state index is 0.0149. The number of aryl methyl sites for hydroxylation is 1. The van der Waals surface area contributed by atoms with Crippen molar-refractivity contribution >= 4 is 5.97 Å². The van der Waals surface area contributed by atoms with Gasteiger partial charge in [-0.2, -0.15) is 5.10 Å². The SMILES string of the molecule is Cc1cnc(-n2nc(C(=O)O)cc2C(C)C)cn1. The van der Waals surface area contributed by atoms with Gasteiger partial charge in [0.25, 0.3) is 0 Å². The Morgan fingerprint density at radius 3 is 2.56 bits per heavy atom. The van der Waals surface area contributed by atoms with Crippen molar-refractivity contribution in [1.29, 1.82) is 0 Å². The molecule has 0 saturated carbocycles. The fraction of sp³-hybridized carbons (Fsp3) is 0.333. The summed E-state index contributed by atoms with van der Waals surface area (Å²) in [5, 5.41) is 13.0. The van der Waals surface area contributed by atoms with E-state index < -0.39 is 5.97 Å². The molecule has 0 unspecified atom stereocenters. The van der Waals surface area contributed by atoms with E-state index in [1.807, 2.05) is 20.8 Å². The maximum absolute atomic E-state index is 11.0. The number of nitrogens with zero attached hydrogens (tertiary/aromatic N) is 4. The van der Waals surface area contributed by atoms with Gasteiger partial charge in [-0.05, 0) is 18.9 Å². The number of carboxylic acid groups (broad SMARTS) is 1. The molecule has 2 aromatic heterocycles. The first kappa shape index (κ1) is 12.2.